The molecule has 118 valence electrons. The van der Waals surface area contributed by atoms with Gasteiger partial charge in [0.2, 0.25) is 0 Å². The summed E-state index contributed by atoms with van der Waals surface area (Å²) in [5, 5.41) is 7.26. The standard InChI is InChI=1S/C18H24N2OS/c1-4-20(5-2)18(21)19-12-14(3)15-6-8-16(9-7-15)17-10-11-22-13-17/h6-11,13-14H,4-5,12H2,1-3H3,(H,19,21). The van der Waals surface area contributed by atoms with Crippen molar-refractivity contribution in [1.82, 2.24) is 10.2 Å². The second-order valence-corrected chi connectivity index (χ2v) is 6.17. The number of urea groups is 1. The first-order valence-corrected chi connectivity index (χ1v) is 8.75. The van der Waals surface area contributed by atoms with Gasteiger partial charge >= 0.3 is 6.03 Å². The third-order valence-electron chi connectivity index (χ3n) is 3.94. The Morgan fingerprint density at radius 2 is 1.82 bits per heavy atom. The van der Waals surface area contributed by atoms with E-state index >= 15 is 0 Å². The summed E-state index contributed by atoms with van der Waals surface area (Å²) >= 11 is 1.71. The molecule has 0 saturated carbocycles. The van der Waals surface area contributed by atoms with Gasteiger partial charge in [-0.05, 0) is 53.3 Å². The maximum atomic E-state index is 12.0. The predicted molar refractivity (Wildman–Crippen MR) is 94.5 cm³/mol. The fourth-order valence-electron chi connectivity index (χ4n) is 2.41. The predicted octanol–water partition coefficient (Wildman–Crippen LogP) is 4.57. The van der Waals surface area contributed by atoms with E-state index in [4.69, 9.17) is 0 Å². The van der Waals surface area contributed by atoms with Crippen molar-refractivity contribution >= 4 is 17.4 Å². The van der Waals surface area contributed by atoms with Crippen molar-refractivity contribution in [3.05, 3.63) is 46.7 Å². The Balaban J connectivity index is 1.93. The lowest BCUT2D eigenvalue weighted by Gasteiger charge is -2.21. The number of thiophene rings is 1. The molecule has 0 saturated heterocycles. The third-order valence-corrected chi connectivity index (χ3v) is 4.63. The molecule has 4 heteroatoms. The molecule has 0 bridgehead atoms. The summed E-state index contributed by atoms with van der Waals surface area (Å²) in [6.07, 6.45) is 0. The van der Waals surface area contributed by atoms with Gasteiger partial charge in [0.1, 0.15) is 0 Å². The van der Waals surface area contributed by atoms with Crippen LogP contribution in [0.1, 0.15) is 32.3 Å². The van der Waals surface area contributed by atoms with Crippen molar-refractivity contribution in [2.75, 3.05) is 19.6 Å². The molecule has 2 aromatic rings. The van der Waals surface area contributed by atoms with Crippen LogP contribution in [0.4, 0.5) is 4.79 Å². The van der Waals surface area contributed by atoms with E-state index in [1.54, 1.807) is 16.2 Å². The number of rotatable bonds is 6. The third kappa shape index (κ3) is 4.10. The lowest BCUT2D eigenvalue weighted by atomic mass is 9.98. The van der Waals surface area contributed by atoms with Crippen LogP contribution in [-0.4, -0.2) is 30.6 Å². The molecule has 3 nitrogen and oxygen atoms in total. The highest BCUT2D eigenvalue weighted by Gasteiger charge is 2.11. The van der Waals surface area contributed by atoms with Gasteiger partial charge in [-0.3, -0.25) is 0 Å². The van der Waals surface area contributed by atoms with Gasteiger partial charge in [-0.15, -0.1) is 0 Å². The van der Waals surface area contributed by atoms with Crippen molar-refractivity contribution in [3.63, 3.8) is 0 Å². The van der Waals surface area contributed by atoms with Gasteiger partial charge in [0.25, 0.3) is 0 Å². The van der Waals surface area contributed by atoms with E-state index in [1.165, 1.54) is 16.7 Å². The Morgan fingerprint density at radius 1 is 1.14 bits per heavy atom. The zero-order chi connectivity index (χ0) is 15.9. The average molecular weight is 316 g/mol. The van der Waals surface area contributed by atoms with Gasteiger partial charge in [0.05, 0.1) is 0 Å². The highest BCUT2D eigenvalue weighted by atomic mass is 32.1. The second-order valence-electron chi connectivity index (χ2n) is 5.39. The molecule has 0 fully saturated rings. The van der Waals surface area contributed by atoms with Crippen LogP contribution in [0.25, 0.3) is 11.1 Å². The quantitative estimate of drug-likeness (QED) is 0.832. The highest BCUT2D eigenvalue weighted by molar-refractivity contribution is 7.08. The molecule has 0 radical (unpaired) electrons. The molecule has 1 N–H and O–H groups in total. The van der Waals surface area contributed by atoms with Crippen LogP contribution in [-0.2, 0) is 0 Å². The molecule has 0 aliphatic carbocycles. The van der Waals surface area contributed by atoms with Gasteiger partial charge in [-0.25, -0.2) is 4.79 Å². The number of hydrogen-bond donors (Lipinski definition) is 1. The van der Waals surface area contributed by atoms with Crippen molar-refractivity contribution < 1.29 is 4.79 Å². The topological polar surface area (TPSA) is 32.3 Å². The summed E-state index contributed by atoms with van der Waals surface area (Å²) in [5.41, 5.74) is 3.75. The smallest absolute Gasteiger partial charge is 0.317 e. The van der Waals surface area contributed by atoms with Crippen molar-refractivity contribution in [3.8, 4) is 11.1 Å². The zero-order valence-corrected chi connectivity index (χ0v) is 14.3. The van der Waals surface area contributed by atoms with Crippen LogP contribution in [0.2, 0.25) is 0 Å². The minimum Gasteiger partial charge on any atom is -0.337 e. The van der Waals surface area contributed by atoms with E-state index in [-0.39, 0.29) is 6.03 Å². The van der Waals surface area contributed by atoms with E-state index in [2.05, 4.69) is 53.3 Å². The summed E-state index contributed by atoms with van der Waals surface area (Å²) < 4.78 is 0. The van der Waals surface area contributed by atoms with Crippen LogP contribution >= 0.6 is 11.3 Å². The van der Waals surface area contributed by atoms with Crippen molar-refractivity contribution in [2.45, 2.75) is 26.7 Å². The first kappa shape index (κ1) is 16.6. The van der Waals surface area contributed by atoms with Crippen molar-refractivity contribution in [2.24, 2.45) is 0 Å². The minimum atomic E-state index is 0.0201. The number of nitrogens with zero attached hydrogens (tertiary/aromatic N) is 1. The highest BCUT2D eigenvalue weighted by Crippen LogP contribution is 2.24. The average Bonchev–Trinajstić information content (AvgIpc) is 3.08. The number of amides is 2. The lowest BCUT2D eigenvalue weighted by molar-refractivity contribution is 0.203. The van der Waals surface area contributed by atoms with Gasteiger partial charge in [-0.1, -0.05) is 31.2 Å². The number of benzene rings is 1. The first-order chi connectivity index (χ1) is 10.7. The normalized spacial score (nSPS) is 12.0. The van der Waals surface area contributed by atoms with E-state index in [0.29, 0.717) is 12.5 Å². The molecule has 0 spiro atoms. The first-order valence-electron chi connectivity index (χ1n) is 7.81. The molecule has 0 aliphatic rings. The molecule has 1 heterocycles. The van der Waals surface area contributed by atoms with Gasteiger partial charge < -0.3 is 10.2 Å². The summed E-state index contributed by atoms with van der Waals surface area (Å²) in [6, 6.07) is 10.8. The lowest BCUT2D eigenvalue weighted by Crippen LogP contribution is -2.41. The Kier molecular flexibility index (Phi) is 6.01. The molecule has 2 rings (SSSR count). The molecule has 1 atom stereocenters. The molecule has 1 aromatic heterocycles. The molecule has 0 aliphatic heterocycles. The Labute approximate surface area is 137 Å². The maximum Gasteiger partial charge on any atom is 0.317 e. The molecule has 2 amide bonds. The summed E-state index contributed by atoms with van der Waals surface area (Å²) in [4.78, 5) is 13.8. The van der Waals surface area contributed by atoms with Crippen LogP contribution in [0, 0.1) is 0 Å². The summed E-state index contributed by atoms with van der Waals surface area (Å²) in [7, 11) is 0. The second kappa shape index (κ2) is 7.99. The number of carbonyl (C=O) groups is 1. The Bertz CT molecular complexity index is 574. The molecular weight excluding hydrogens is 292 g/mol. The largest absolute Gasteiger partial charge is 0.337 e. The number of carbonyl (C=O) groups excluding carboxylic acids is 1. The molecular formula is C18H24N2OS. The monoisotopic (exact) mass is 316 g/mol. The molecule has 1 aromatic carbocycles. The van der Waals surface area contributed by atoms with Crippen LogP contribution in [0.3, 0.4) is 0 Å². The van der Waals surface area contributed by atoms with Crippen LogP contribution < -0.4 is 5.32 Å². The number of hydrogen-bond acceptors (Lipinski definition) is 2. The van der Waals surface area contributed by atoms with E-state index in [0.717, 1.165) is 13.1 Å². The fourth-order valence-corrected chi connectivity index (χ4v) is 3.08. The van der Waals surface area contributed by atoms with Crippen molar-refractivity contribution in [1.29, 1.82) is 0 Å². The van der Waals surface area contributed by atoms with E-state index < -0.39 is 0 Å². The maximum absolute atomic E-state index is 12.0. The SMILES string of the molecule is CCN(CC)C(=O)NCC(C)c1ccc(-c2ccsc2)cc1. The Hall–Kier alpha value is -1.81. The van der Waals surface area contributed by atoms with Gasteiger partial charge in [-0.2, -0.15) is 11.3 Å². The molecule has 22 heavy (non-hydrogen) atoms. The van der Waals surface area contributed by atoms with Crippen LogP contribution in [0.15, 0.2) is 41.1 Å². The van der Waals surface area contributed by atoms with Crippen LogP contribution in [0.5, 0.6) is 0 Å². The Morgan fingerprint density at radius 3 is 2.36 bits per heavy atom. The molecule has 1 unspecified atom stereocenters. The van der Waals surface area contributed by atoms with Gasteiger partial charge in [0, 0.05) is 19.6 Å². The van der Waals surface area contributed by atoms with E-state index in [9.17, 15) is 4.79 Å². The number of nitrogens with one attached hydrogen (secondary N) is 1. The van der Waals surface area contributed by atoms with E-state index in [1.807, 2.05) is 13.8 Å². The minimum absolute atomic E-state index is 0.0201. The zero-order valence-electron chi connectivity index (χ0n) is 13.5. The van der Waals surface area contributed by atoms with Gasteiger partial charge in [0.15, 0.2) is 0 Å². The fraction of sp³-hybridized carbons (Fsp3) is 0.389. The summed E-state index contributed by atoms with van der Waals surface area (Å²) in [6.45, 7) is 8.28. The summed E-state index contributed by atoms with van der Waals surface area (Å²) in [5.74, 6) is 0.302.